The van der Waals surface area contributed by atoms with Crippen molar-refractivity contribution in [2.24, 2.45) is 0 Å². The van der Waals surface area contributed by atoms with Gasteiger partial charge in [0.05, 0.1) is 13.2 Å². The predicted octanol–water partition coefficient (Wildman–Crippen LogP) is 0.830. The van der Waals surface area contributed by atoms with Crippen LogP contribution in [0.1, 0.15) is 18.4 Å². The first-order valence-electron chi connectivity index (χ1n) is 6.24. The molecule has 0 aliphatic rings. The zero-order valence-electron chi connectivity index (χ0n) is 11.1. The molecule has 0 heterocycles. The van der Waals surface area contributed by atoms with Crippen LogP contribution in [0.4, 0.5) is 0 Å². The van der Waals surface area contributed by atoms with Crippen molar-refractivity contribution in [2.45, 2.75) is 12.8 Å². The van der Waals surface area contributed by atoms with Crippen molar-refractivity contribution >= 4 is 5.91 Å². The smallest absolute Gasteiger partial charge is 0.234 e. The molecule has 0 saturated carbocycles. The van der Waals surface area contributed by atoms with Crippen LogP contribution in [0.5, 0.6) is 0 Å². The summed E-state index contributed by atoms with van der Waals surface area (Å²) in [6, 6.07) is 10.1. The van der Waals surface area contributed by atoms with Gasteiger partial charge >= 0.3 is 0 Å². The van der Waals surface area contributed by atoms with Gasteiger partial charge in [0.15, 0.2) is 0 Å². The van der Waals surface area contributed by atoms with Crippen molar-refractivity contribution in [2.75, 3.05) is 33.3 Å². The minimum Gasteiger partial charge on any atom is -0.395 e. The van der Waals surface area contributed by atoms with Gasteiger partial charge in [-0.05, 0) is 18.5 Å². The van der Waals surface area contributed by atoms with E-state index in [9.17, 15) is 4.79 Å². The molecule has 1 amide bonds. The molecule has 0 radical (unpaired) electrons. The first kappa shape index (κ1) is 14.7. The zero-order valence-corrected chi connectivity index (χ0v) is 11.1. The molecule has 0 aromatic heterocycles. The fourth-order valence-corrected chi connectivity index (χ4v) is 1.72. The van der Waals surface area contributed by atoms with Crippen molar-refractivity contribution in [1.82, 2.24) is 10.2 Å². The SMILES string of the molecule is CC(CNC(=O)CN(C)CCO)c1ccccc1. The van der Waals surface area contributed by atoms with Crippen LogP contribution in [0.15, 0.2) is 30.3 Å². The van der Waals surface area contributed by atoms with Crippen LogP contribution in [0, 0.1) is 0 Å². The predicted molar refractivity (Wildman–Crippen MR) is 72.4 cm³/mol. The monoisotopic (exact) mass is 250 g/mol. The number of carbonyl (C=O) groups is 1. The van der Waals surface area contributed by atoms with E-state index in [-0.39, 0.29) is 12.5 Å². The standard InChI is InChI=1S/C14H22N2O2/c1-12(13-6-4-3-5-7-13)10-15-14(18)11-16(2)8-9-17/h3-7,12,17H,8-11H2,1-2H3,(H,15,18). The normalized spacial score (nSPS) is 12.4. The minimum absolute atomic E-state index is 0.00580. The molecule has 0 saturated heterocycles. The number of nitrogens with zero attached hydrogens (tertiary/aromatic N) is 1. The maximum Gasteiger partial charge on any atom is 0.234 e. The lowest BCUT2D eigenvalue weighted by molar-refractivity contribution is -0.122. The second-order valence-corrected chi connectivity index (χ2v) is 4.58. The van der Waals surface area contributed by atoms with E-state index < -0.39 is 0 Å². The van der Waals surface area contributed by atoms with Crippen LogP contribution in [-0.4, -0.2) is 49.2 Å². The van der Waals surface area contributed by atoms with Crippen LogP contribution >= 0.6 is 0 Å². The van der Waals surface area contributed by atoms with Gasteiger partial charge in [-0.1, -0.05) is 37.3 Å². The molecule has 0 aliphatic heterocycles. The van der Waals surface area contributed by atoms with Gasteiger partial charge in [0.25, 0.3) is 0 Å². The molecule has 0 fully saturated rings. The van der Waals surface area contributed by atoms with Crippen LogP contribution in [0.3, 0.4) is 0 Å². The first-order valence-corrected chi connectivity index (χ1v) is 6.24. The number of aliphatic hydroxyl groups is 1. The molecule has 4 heteroatoms. The lowest BCUT2D eigenvalue weighted by Gasteiger charge is -2.17. The molecule has 0 aliphatic carbocycles. The number of likely N-dealkylation sites (N-methyl/N-ethyl adjacent to an activating group) is 1. The van der Waals surface area contributed by atoms with Crippen LogP contribution in [0.25, 0.3) is 0 Å². The zero-order chi connectivity index (χ0) is 13.4. The Bertz CT molecular complexity index is 354. The summed E-state index contributed by atoms with van der Waals surface area (Å²) in [5.74, 6) is 0.298. The number of benzene rings is 1. The Labute approximate surface area is 109 Å². The number of hydrogen-bond acceptors (Lipinski definition) is 3. The van der Waals surface area contributed by atoms with Gasteiger partial charge in [-0.2, -0.15) is 0 Å². The van der Waals surface area contributed by atoms with Gasteiger partial charge < -0.3 is 10.4 Å². The van der Waals surface area contributed by atoms with Crippen molar-refractivity contribution in [3.05, 3.63) is 35.9 Å². The molecule has 1 rings (SSSR count). The first-order chi connectivity index (χ1) is 8.63. The molecule has 100 valence electrons. The van der Waals surface area contributed by atoms with Crippen LogP contribution in [-0.2, 0) is 4.79 Å². The van der Waals surface area contributed by atoms with E-state index in [4.69, 9.17) is 5.11 Å². The van der Waals surface area contributed by atoms with Gasteiger partial charge in [0.2, 0.25) is 5.91 Å². The van der Waals surface area contributed by atoms with Crippen molar-refractivity contribution in [3.63, 3.8) is 0 Å². The number of amides is 1. The summed E-state index contributed by atoms with van der Waals surface area (Å²) >= 11 is 0. The van der Waals surface area contributed by atoms with E-state index >= 15 is 0 Å². The van der Waals surface area contributed by atoms with Gasteiger partial charge in [-0.3, -0.25) is 9.69 Å². The summed E-state index contributed by atoms with van der Waals surface area (Å²) in [7, 11) is 1.82. The number of rotatable bonds is 7. The lowest BCUT2D eigenvalue weighted by Crippen LogP contribution is -2.37. The molecule has 4 nitrogen and oxygen atoms in total. The Morgan fingerprint density at radius 2 is 2.06 bits per heavy atom. The summed E-state index contributed by atoms with van der Waals surface area (Å²) in [6.45, 7) is 3.64. The Morgan fingerprint density at radius 1 is 1.39 bits per heavy atom. The Balaban J connectivity index is 2.30. The Morgan fingerprint density at radius 3 is 2.67 bits per heavy atom. The number of carbonyl (C=O) groups excluding carboxylic acids is 1. The minimum atomic E-state index is -0.00580. The molecular weight excluding hydrogens is 228 g/mol. The van der Waals surface area contributed by atoms with E-state index in [0.717, 1.165) is 0 Å². The maximum atomic E-state index is 11.6. The largest absolute Gasteiger partial charge is 0.395 e. The third-order valence-corrected chi connectivity index (χ3v) is 2.87. The quantitative estimate of drug-likeness (QED) is 0.753. The summed E-state index contributed by atoms with van der Waals surface area (Å²) in [4.78, 5) is 13.4. The Hall–Kier alpha value is -1.39. The summed E-state index contributed by atoms with van der Waals surface area (Å²) in [5, 5.41) is 11.7. The highest BCUT2D eigenvalue weighted by atomic mass is 16.3. The van der Waals surface area contributed by atoms with Gasteiger partial charge in [-0.25, -0.2) is 0 Å². The highest BCUT2D eigenvalue weighted by Crippen LogP contribution is 2.12. The van der Waals surface area contributed by atoms with Crippen LogP contribution in [0.2, 0.25) is 0 Å². The Kier molecular flexibility index (Phi) is 6.39. The molecule has 1 unspecified atom stereocenters. The number of nitrogens with one attached hydrogen (secondary N) is 1. The van der Waals surface area contributed by atoms with Crippen molar-refractivity contribution < 1.29 is 9.90 Å². The third kappa shape index (κ3) is 5.29. The van der Waals surface area contributed by atoms with Crippen molar-refractivity contribution in [3.8, 4) is 0 Å². The highest BCUT2D eigenvalue weighted by molar-refractivity contribution is 5.78. The van der Waals surface area contributed by atoms with Gasteiger partial charge in [0, 0.05) is 13.1 Å². The number of aliphatic hydroxyl groups excluding tert-OH is 1. The fourth-order valence-electron chi connectivity index (χ4n) is 1.72. The average Bonchev–Trinajstić information content (AvgIpc) is 2.37. The molecule has 1 aromatic carbocycles. The molecular formula is C14H22N2O2. The van der Waals surface area contributed by atoms with E-state index in [1.54, 1.807) is 4.90 Å². The third-order valence-electron chi connectivity index (χ3n) is 2.87. The molecule has 18 heavy (non-hydrogen) atoms. The second-order valence-electron chi connectivity index (χ2n) is 4.58. The van der Waals surface area contributed by atoms with E-state index in [2.05, 4.69) is 24.4 Å². The van der Waals surface area contributed by atoms with Gasteiger partial charge in [0.1, 0.15) is 0 Å². The molecule has 0 bridgehead atoms. The molecule has 1 aromatic rings. The summed E-state index contributed by atoms with van der Waals surface area (Å²) < 4.78 is 0. The fraction of sp³-hybridized carbons (Fsp3) is 0.500. The molecule has 1 atom stereocenters. The second kappa shape index (κ2) is 7.84. The van der Waals surface area contributed by atoms with E-state index in [0.29, 0.717) is 25.6 Å². The average molecular weight is 250 g/mol. The van der Waals surface area contributed by atoms with E-state index in [1.807, 2.05) is 25.2 Å². The lowest BCUT2D eigenvalue weighted by atomic mass is 10.0. The highest BCUT2D eigenvalue weighted by Gasteiger charge is 2.09. The van der Waals surface area contributed by atoms with Crippen LogP contribution < -0.4 is 5.32 Å². The number of hydrogen-bond donors (Lipinski definition) is 2. The maximum absolute atomic E-state index is 11.6. The summed E-state index contributed by atoms with van der Waals surface area (Å²) in [6.07, 6.45) is 0. The molecule has 2 N–H and O–H groups in total. The van der Waals surface area contributed by atoms with Crippen molar-refractivity contribution in [1.29, 1.82) is 0 Å². The van der Waals surface area contributed by atoms with E-state index in [1.165, 1.54) is 5.56 Å². The topological polar surface area (TPSA) is 52.6 Å². The van der Waals surface area contributed by atoms with Gasteiger partial charge in [-0.15, -0.1) is 0 Å². The molecule has 0 spiro atoms. The summed E-state index contributed by atoms with van der Waals surface area (Å²) in [5.41, 5.74) is 1.22.